The van der Waals surface area contributed by atoms with Gasteiger partial charge in [-0.3, -0.25) is 4.79 Å². The van der Waals surface area contributed by atoms with Crippen molar-refractivity contribution in [2.45, 2.75) is 11.8 Å². The van der Waals surface area contributed by atoms with Gasteiger partial charge in [-0.2, -0.15) is 4.31 Å². The number of carbonyl (C=O) groups is 1. The molecule has 1 aromatic carbocycles. The van der Waals surface area contributed by atoms with E-state index in [0.29, 0.717) is 5.75 Å². The first-order valence-electron chi connectivity index (χ1n) is 6.07. The summed E-state index contributed by atoms with van der Waals surface area (Å²) in [6.07, 6.45) is 0. The van der Waals surface area contributed by atoms with E-state index in [2.05, 4.69) is 0 Å². The fraction of sp³-hybridized carbons (Fsp3) is 0.417. The van der Waals surface area contributed by atoms with E-state index in [0.717, 1.165) is 4.31 Å². The summed E-state index contributed by atoms with van der Waals surface area (Å²) < 4.78 is 36.2. The molecule has 0 spiro atoms. The predicted octanol–water partition coefficient (Wildman–Crippen LogP) is -0.218. The summed E-state index contributed by atoms with van der Waals surface area (Å²) in [6.45, 7) is 1.26. The molecule has 9 heteroatoms. The second-order valence-corrected chi connectivity index (χ2v) is 6.05. The van der Waals surface area contributed by atoms with Gasteiger partial charge in [0.2, 0.25) is 15.9 Å². The van der Waals surface area contributed by atoms with Gasteiger partial charge in [-0.1, -0.05) is 6.92 Å². The number of amides is 1. The average Bonchev–Trinajstić information content (AvgIpc) is 2.43. The molecule has 0 atom stereocenters. The van der Waals surface area contributed by atoms with Crippen LogP contribution in [0.25, 0.3) is 0 Å². The van der Waals surface area contributed by atoms with E-state index in [9.17, 15) is 13.2 Å². The second-order valence-electron chi connectivity index (χ2n) is 4.14. The Bertz CT molecular complexity index is 630. The summed E-state index contributed by atoms with van der Waals surface area (Å²) in [5.41, 5.74) is 11.0. The minimum absolute atomic E-state index is 0.0731. The Balaban J connectivity index is 3.42. The Kier molecular flexibility index (Phi) is 5.39. The van der Waals surface area contributed by atoms with Gasteiger partial charge in [0.15, 0.2) is 0 Å². The number of ether oxygens (including phenoxy) is 2. The number of methoxy groups -OCH3 is 2. The molecule has 4 N–H and O–H groups in total. The zero-order chi connectivity index (χ0) is 16.2. The zero-order valence-electron chi connectivity index (χ0n) is 12.1. The number of anilines is 1. The molecular weight excluding hydrogens is 298 g/mol. The molecule has 0 aliphatic heterocycles. The minimum atomic E-state index is -3.96. The number of likely N-dealkylation sites (N-methyl/N-ethyl adjacent to an activating group) is 1. The summed E-state index contributed by atoms with van der Waals surface area (Å²) in [4.78, 5) is 10.9. The fourth-order valence-electron chi connectivity index (χ4n) is 1.77. The van der Waals surface area contributed by atoms with E-state index in [-0.39, 0.29) is 22.9 Å². The van der Waals surface area contributed by atoms with Gasteiger partial charge in [-0.15, -0.1) is 0 Å². The third-order valence-corrected chi connectivity index (χ3v) is 4.76. The summed E-state index contributed by atoms with van der Waals surface area (Å²) >= 11 is 0. The van der Waals surface area contributed by atoms with Gasteiger partial charge in [0.25, 0.3) is 0 Å². The van der Waals surface area contributed by atoms with Crippen LogP contribution in [0.5, 0.6) is 11.5 Å². The molecule has 0 fully saturated rings. The number of carbonyl (C=O) groups excluding carboxylic acids is 1. The maximum atomic E-state index is 12.6. The van der Waals surface area contributed by atoms with Gasteiger partial charge in [0, 0.05) is 12.6 Å². The van der Waals surface area contributed by atoms with Crippen LogP contribution in [0.2, 0.25) is 0 Å². The SMILES string of the molecule is CCN(CC(N)=O)S(=O)(=O)c1cc(N)c(OC)cc1OC. The number of primary amides is 1. The Labute approximate surface area is 123 Å². The number of nitrogens with zero attached hydrogens (tertiary/aromatic N) is 1. The highest BCUT2D eigenvalue weighted by molar-refractivity contribution is 7.89. The topological polar surface area (TPSA) is 125 Å². The van der Waals surface area contributed by atoms with Crippen molar-refractivity contribution in [2.24, 2.45) is 5.73 Å². The molecule has 0 radical (unpaired) electrons. The van der Waals surface area contributed by atoms with E-state index in [1.54, 1.807) is 6.92 Å². The van der Waals surface area contributed by atoms with Crippen molar-refractivity contribution in [3.63, 3.8) is 0 Å². The first kappa shape index (κ1) is 17.1. The van der Waals surface area contributed by atoms with Crippen molar-refractivity contribution in [1.82, 2.24) is 4.31 Å². The number of hydrogen-bond acceptors (Lipinski definition) is 6. The third-order valence-electron chi connectivity index (χ3n) is 2.82. The lowest BCUT2D eigenvalue weighted by molar-refractivity contribution is -0.118. The lowest BCUT2D eigenvalue weighted by Crippen LogP contribution is -2.38. The van der Waals surface area contributed by atoms with E-state index < -0.39 is 22.5 Å². The summed E-state index contributed by atoms with van der Waals surface area (Å²) in [7, 11) is -1.23. The standard InChI is InChI=1S/C12H19N3O5S/c1-4-15(7-12(14)16)21(17,18)11-5-8(13)9(19-2)6-10(11)20-3/h5-6H,4,7,13H2,1-3H3,(H2,14,16). The van der Waals surface area contributed by atoms with Crippen LogP contribution >= 0.6 is 0 Å². The first-order chi connectivity index (χ1) is 9.77. The highest BCUT2D eigenvalue weighted by Gasteiger charge is 2.29. The van der Waals surface area contributed by atoms with Crippen LogP contribution in [0.4, 0.5) is 5.69 Å². The van der Waals surface area contributed by atoms with Crippen LogP contribution < -0.4 is 20.9 Å². The molecular formula is C12H19N3O5S. The van der Waals surface area contributed by atoms with Crippen molar-refractivity contribution >= 4 is 21.6 Å². The molecule has 0 aliphatic rings. The van der Waals surface area contributed by atoms with Crippen LogP contribution in [-0.4, -0.2) is 45.9 Å². The van der Waals surface area contributed by atoms with Crippen LogP contribution in [0.1, 0.15) is 6.92 Å². The molecule has 1 rings (SSSR count). The normalized spacial score (nSPS) is 11.4. The minimum Gasteiger partial charge on any atom is -0.495 e. The molecule has 0 aromatic heterocycles. The molecule has 0 aliphatic carbocycles. The molecule has 21 heavy (non-hydrogen) atoms. The molecule has 0 unspecified atom stereocenters. The highest BCUT2D eigenvalue weighted by atomic mass is 32.2. The third kappa shape index (κ3) is 3.56. The number of sulfonamides is 1. The number of nitrogens with two attached hydrogens (primary N) is 2. The zero-order valence-corrected chi connectivity index (χ0v) is 12.9. The Morgan fingerprint density at radius 2 is 1.81 bits per heavy atom. The van der Waals surface area contributed by atoms with Crippen LogP contribution in [0.3, 0.4) is 0 Å². The Morgan fingerprint density at radius 1 is 1.24 bits per heavy atom. The molecule has 8 nitrogen and oxygen atoms in total. The van der Waals surface area contributed by atoms with E-state index in [1.807, 2.05) is 0 Å². The van der Waals surface area contributed by atoms with Gasteiger partial charge < -0.3 is 20.9 Å². The molecule has 0 saturated carbocycles. The van der Waals surface area contributed by atoms with Gasteiger partial charge in [-0.25, -0.2) is 8.42 Å². The van der Waals surface area contributed by atoms with Crippen molar-refractivity contribution in [1.29, 1.82) is 0 Å². The Morgan fingerprint density at radius 3 is 2.24 bits per heavy atom. The van der Waals surface area contributed by atoms with Gasteiger partial charge in [-0.05, 0) is 6.07 Å². The van der Waals surface area contributed by atoms with Gasteiger partial charge in [0.05, 0.1) is 26.5 Å². The van der Waals surface area contributed by atoms with Crippen LogP contribution in [0, 0.1) is 0 Å². The molecule has 1 aromatic rings. The summed E-state index contributed by atoms with van der Waals surface area (Å²) in [5, 5.41) is 0. The maximum absolute atomic E-state index is 12.6. The lowest BCUT2D eigenvalue weighted by atomic mass is 10.3. The van der Waals surface area contributed by atoms with E-state index in [1.165, 1.54) is 26.4 Å². The maximum Gasteiger partial charge on any atom is 0.247 e. The van der Waals surface area contributed by atoms with Crippen LogP contribution in [0.15, 0.2) is 17.0 Å². The summed E-state index contributed by atoms with van der Waals surface area (Å²) in [6, 6.07) is 2.61. The molecule has 1 amide bonds. The van der Waals surface area contributed by atoms with E-state index in [4.69, 9.17) is 20.9 Å². The molecule has 118 valence electrons. The molecule has 0 heterocycles. The monoisotopic (exact) mass is 317 g/mol. The van der Waals surface area contributed by atoms with Gasteiger partial charge in [0.1, 0.15) is 16.4 Å². The van der Waals surface area contributed by atoms with E-state index >= 15 is 0 Å². The van der Waals surface area contributed by atoms with Crippen molar-refractivity contribution in [3.8, 4) is 11.5 Å². The second kappa shape index (κ2) is 6.64. The highest BCUT2D eigenvalue weighted by Crippen LogP contribution is 2.35. The number of benzene rings is 1. The number of nitrogen functional groups attached to an aromatic ring is 1. The largest absolute Gasteiger partial charge is 0.495 e. The first-order valence-corrected chi connectivity index (χ1v) is 7.51. The number of rotatable bonds is 7. The molecule has 0 bridgehead atoms. The van der Waals surface area contributed by atoms with Crippen molar-refractivity contribution < 1.29 is 22.7 Å². The lowest BCUT2D eigenvalue weighted by Gasteiger charge is -2.21. The van der Waals surface area contributed by atoms with Crippen LogP contribution in [-0.2, 0) is 14.8 Å². The molecule has 0 saturated heterocycles. The Hall–Kier alpha value is -2.00. The predicted molar refractivity (Wildman–Crippen MR) is 77.6 cm³/mol. The quantitative estimate of drug-likeness (QED) is 0.670. The summed E-state index contributed by atoms with van der Waals surface area (Å²) in [5.74, 6) is -0.381. The fourth-order valence-corrected chi connectivity index (χ4v) is 3.36. The average molecular weight is 317 g/mol. The van der Waals surface area contributed by atoms with Crippen molar-refractivity contribution in [2.75, 3.05) is 33.0 Å². The van der Waals surface area contributed by atoms with Crippen molar-refractivity contribution in [3.05, 3.63) is 12.1 Å². The van der Waals surface area contributed by atoms with Gasteiger partial charge >= 0.3 is 0 Å². The smallest absolute Gasteiger partial charge is 0.247 e. The number of hydrogen-bond donors (Lipinski definition) is 2.